The van der Waals surface area contributed by atoms with E-state index in [-0.39, 0.29) is 17.9 Å². The third-order valence-corrected chi connectivity index (χ3v) is 4.56. The number of halogens is 1. The minimum Gasteiger partial charge on any atom is -0.353 e. The molecular weight excluding hydrogens is 302 g/mol. The molecule has 2 aliphatic heterocycles. The van der Waals surface area contributed by atoms with Gasteiger partial charge in [-0.3, -0.25) is 9.59 Å². The molecule has 1 atom stereocenters. The SMILES string of the molecule is O=C(NC1CCNCC1)C1CCN(c2cccc(Cl)c2)C1=O. The molecule has 0 aromatic heterocycles. The summed E-state index contributed by atoms with van der Waals surface area (Å²) >= 11 is 5.98. The number of hydrogen-bond acceptors (Lipinski definition) is 3. The summed E-state index contributed by atoms with van der Waals surface area (Å²) in [5, 5.41) is 6.87. The van der Waals surface area contributed by atoms with Crippen molar-refractivity contribution < 1.29 is 9.59 Å². The Morgan fingerprint density at radius 1 is 1.27 bits per heavy atom. The lowest BCUT2D eigenvalue weighted by molar-refractivity contribution is -0.132. The van der Waals surface area contributed by atoms with E-state index in [0.717, 1.165) is 31.6 Å². The second kappa shape index (κ2) is 6.67. The van der Waals surface area contributed by atoms with Gasteiger partial charge < -0.3 is 15.5 Å². The molecule has 2 amide bonds. The Morgan fingerprint density at radius 3 is 2.77 bits per heavy atom. The van der Waals surface area contributed by atoms with Gasteiger partial charge in [-0.15, -0.1) is 0 Å². The van der Waals surface area contributed by atoms with E-state index in [2.05, 4.69) is 10.6 Å². The monoisotopic (exact) mass is 321 g/mol. The molecular formula is C16H20ClN3O2. The van der Waals surface area contributed by atoms with Crippen LogP contribution >= 0.6 is 11.6 Å². The van der Waals surface area contributed by atoms with Crippen LogP contribution in [0.2, 0.25) is 5.02 Å². The van der Waals surface area contributed by atoms with E-state index in [1.165, 1.54) is 0 Å². The van der Waals surface area contributed by atoms with Gasteiger partial charge in [0.15, 0.2) is 0 Å². The number of hydrogen-bond donors (Lipinski definition) is 2. The highest BCUT2D eigenvalue weighted by Crippen LogP contribution is 2.27. The van der Waals surface area contributed by atoms with Crippen molar-refractivity contribution in [3.63, 3.8) is 0 Å². The first-order chi connectivity index (χ1) is 10.6. The van der Waals surface area contributed by atoms with E-state index in [9.17, 15) is 9.59 Å². The van der Waals surface area contributed by atoms with Gasteiger partial charge in [0, 0.05) is 23.3 Å². The van der Waals surface area contributed by atoms with Crippen molar-refractivity contribution in [2.45, 2.75) is 25.3 Å². The summed E-state index contributed by atoms with van der Waals surface area (Å²) in [6.07, 6.45) is 2.40. The molecule has 22 heavy (non-hydrogen) atoms. The Bertz CT molecular complexity index is 572. The Kier molecular flexibility index (Phi) is 4.64. The van der Waals surface area contributed by atoms with Crippen molar-refractivity contribution in [1.29, 1.82) is 0 Å². The average molecular weight is 322 g/mol. The van der Waals surface area contributed by atoms with Crippen LogP contribution in [0.5, 0.6) is 0 Å². The molecule has 6 heteroatoms. The Morgan fingerprint density at radius 2 is 2.05 bits per heavy atom. The number of benzene rings is 1. The maximum Gasteiger partial charge on any atom is 0.239 e. The predicted molar refractivity (Wildman–Crippen MR) is 85.9 cm³/mol. The van der Waals surface area contributed by atoms with E-state index in [4.69, 9.17) is 11.6 Å². The van der Waals surface area contributed by atoms with Crippen LogP contribution in [0.25, 0.3) is 0 Å². The van der Waals surface area contributed by atoms with Gasteiger partial charge in [0.1, 0.15) is 5.92 Å². The topological polar surface area (TPSA) is 61.4 Å². The quantitative estimate of drug-likeness (QED) is 0.831. The van der Waals surface area contributed by atoms with Gasteiger partial charge in [-0.2, -0.15) is 0 Å². The normalized spacial score (nSPS) is 22.9. The molecule has 2 aliphatic rings. The Hall–Kier alpha value is -1.59. The summed E-state index contributed by atoms with van der Waals surface area (Å²) in [5.74, 6) is -0.844. The average Bonchev–Trinajstić information content (AvgIpc) is 2.90. The highest BCUT2D eigenvalue weighted by Gasteiger charge is 2.38. The van der Waals surface area contributed by atoms with Crippen LogP contribution in [0.3, 0.4) is 0 Å². The Labute approximate surface area is 135 Å². The van der Waals surface area contributed by atoms with Crippen LogP contribution in [0.4, 0.5) is 5.69 Å². The first-order valence-electron chi connectivity index (χ1n) is 7.73. The van der Waals surface area contributed by atoms with Crippen LogP contribution in [0.15, 0.2) is 24.3 Å². The zero-order valence-corrected chi connectivity index (χ0v) is 13.1. The molecule has 5 nitrogen and oxygen atoms in total. The second-order valence-electron chi connectivity index (χ2n) is 5.84. The number of carbonyl (C=O) groups is 2. The lowest BCUT2D eigenvalue weighted by atomic mass is 10.0. The summed E-state index contributed by atoms with van der Waals surface area (Å²) < 4.78 is 0. The Balaban J connectivity index is 1.64. The first-order valence-corrected chi connectivity index (χ1v) is 8.11. The maximum absolute atomic E-state index is 12.5. The van der Waals surface area contributed by atoms with Crippen molar-refractivity contribution in [1.82, 2.24) is 10.6 Å². The molecule has 3 rings (SSSR count). The predicted octanol–water partition coefficient (Wildman–Crippen LogP) is 1.56. The molecule has 0 spiro atoms. The van der Waals surface area contributed by atoms with Gasteiger partial charge in [0.25, 0.3) is 0 Å². The smallest absolute Gasteiger partial charge is 0.239 e. The second-order valence-corrected chi connectivity index (χ2v) is 6.28. The van der Waals surface area contributed by atoms with Crippen LogP contribution in [-0.4, -0.2) is 37.5 Å². The van der Waals surface area contributed by atoms with E-state index in [1.807, 2.05) is 12.1 Å². The molecule has 118 valence electrons. The molecule has 2 heterocycles. The van der Waals surface area contributed by atoms with Crippen LogP contribution in [0.1, 0.15) is 19.3 Å². The molecule has 1 aromatic carbocycles. The lowest BCUT2D eigenvalue weighted by Crippen LogP contribution is -2.46. The third kappa shape index (κ3) is 3.25. The number of nitrogens with one attached hydrogen (secondary N) is 2. The fourth-order valence-electron chi connectivity index (χ4n) is 3.09. The van der Waals surface area contributed by atoms with Gasteiger partial charge in [0.2, 0.25) is 11.8 Å². The molecule has 2 saturated heterocycles. The summed E-state index contributed by atoms with van der Waals surface area (Å²) in [4.78, 5) is 26.5. The van der Waals surface area contributed by atoms with Gasteiger partial charge in [-0.05, 0) is 50.6 Å². The number of nitrogens with zero attached hydrogens (tertiary/aromatic N) is 1. The van der Waals surface area contributed by atoms with Gasteiger partial charge in [0.05, 0.1) is 0 Å². The largest absolute Gasteiger partial charge is 0.353 e. The summed E-state index contributed by atoms with van der Waals surface area (Å²) in [6, 6.07) is 7.37. The van der Waals surface area contributed by atoms with Crippen LogP contribution in [0, 0.1) is 5.92 Å². The fraction of sp³-hybridized carbons (Fsp3) is 0.500. The van der Waals surface area contributed by atoms with E-state index < -0.39 is 5.92 Å². The molecule has 2 fully saturated rings. The first kappa shape index (κ1) is 15.3. The number of piperidine rings is 1. The number of carbonyl (C=O) groups excluding carboxylic acids is 2. The molecule has 0 bridgehead atoms. The van der Waals surface area contributed by atoms with Crippen LogP contribution in [-0.2, 0) is 9.59 Å². The summed E-state index contributed by atoms with van der Waals surface area (Å²) in [6.45, 7) is 2.39. The van der Waals surface area contributed by atoms with Gasteiger partial charge in [-0.1, -0.05) is 17.7 Å². The summed E-state index contributed by atoms with van der Waals surface area (Å²) in [7, 11) is 0. The number of anilines is 1. The molecule has 1 aromatic rings. The van der Waals surface area contributed by atoms with Crippen LogP contribution < -0.4 is 15.5 Å². The third-order valence-electron chi connectivity index (χ3n) is 4.33. The zero-order valence-electron chi connectivity index (χ0n) is 12.3. The van der Waals surface area contributed by atoms with Crippen molar-refractivity contribution in [2.75, 3.05) is 24.5 Å². The van der Waals surface area contributed by atoms with Crippen molar-refractivity contribution in [2.24, 2.45) is 5.92 Å². The van der Waals surface area contributed by atoms with E-state index >= 15 is 0 Å². The van der Waals surface area contributed by atoms with Crippen molar-refractivity contribution in [3.05, 3.63) is 29.3 Å². The van der Waals surface area contributed by atoms with E-state index in [1.54, 1.807) is 17.0 Å². The molecule has 1 unspecified atom stereocenters. The van der Waals surface area contributed by atoms with Gasteiger partial charge in [-0.25, -0.2) is 0 Å². The highest BCUT2D eigenvalue weighted by molar-refractivity contribution is 6.31. The summed E-state index contributed by atoms with van der Waals surface area (Å²) in [5.41, 5.74) is 0.759. The minimum atomic E-state index is -0.575. The fourth-order valence-corrected chi connectivity index (χ4v) is 3.28. The number of rotatable bonds is 3. The standard InChI is InChI=1S/C16H20ClN3O2/c17-11-2-1-3-13(10-11)20-9-6-14(16(20)22)15(21)19-12-4-7-18-8-5-12/h1-3,10,12,14,18H,4-9H2,(H,19,21). The van der Waals surface area contributed by atoms with Crippen molar-refractivity contribution >= 4 is 29.1 Å². The molecule has 0 radical (unpaired) electrons. The molecule has 2 N–H and O–H groups in total. The van der Waals surface area contributed by atoms with Gasteiger partial charge >= 0.3 is 0 Å². The van der Waals surface area contributed by atoms with Crippen molar-refractivity contribution in [3.8, 4) is 0 Å². The zero-order chi connectivity index (χ0) is 15.5. The molecule has 0 saturated carbocycles. The minimum absolute atomic E-state index is 0.131. The molecule has 0 aliphatic carbocycles. The highest BCUT2D eigenvalue weighted by atomic mass is 35.5. The van der Waals surface area contributed by atoms with E-state index in [0.29, 0.717) is 18.0 Å². The maximum atomic E-state index is 12.5. The lowest BCUT2D eigenvalue weighted by Gasteiger charge is -2.25. The number of amides is 2.